The zero-order valence-corrected chi connectivity index (χ0v) is 11.2. The molecule has 0 aliphatic heterocycles. The second-order valence-corrected chi connectivity index (χ2v) is 12.3. The largest absolute Gasteiger partial charge is 0.293 e. The molecule has 1 aromatic carbocycles. The first-order valence-corrected chi connectivity index (χ1v) is 8.92. The second-order valence-electron chi connectivity index (χ2n) is 3.48. The van der Waals surface area contributed by atoms with Crippen molar-refractivity contribution in [2.45, 2.75) is 0 Å². The summed E-state index contributed by atoms with van der Waals surface area (Å²) in [6, 6.07) is 7.02. The maximum atomic E-state index is 11.7. The fourth-order valence-electron chi connectivity index (χ4n) is 1.03. The van der Waals surface area contributed by atoms with Gasteiger partial charge in [-0.25, -0.2) is 0 Å². The maximum Gasteiger partial charge on any atom is 0.171 e. The van der Waals surface area contributed by atoms with Crippen molar-refractivity contribution in [2.75, 3.05) is 18.3 Å². The molecule has 0 bridgehead atoms. The van der Waals surface area contributed by atoms with Crippen LogP contribution in [0.25, 0.3) is 0 Å². The Morgan fingerprint density at radius 3 is 2.29 bits per heavy atom. The van der Waals surface area contributed by atoms with E-state index in [0.29, 0.717) is 10.8 Å². The number of ketones is 1. The summed E-state index contributed by atoms with van der Waals surface area (Å²) in [5.74, 6) is 0.729. The van der Waals surface area contributed by atoms with E-state index >= 15 is 0 Å². The molecule has 0 atom stereocenters. The van der Waals surface area contributed by atoms with Crippen LogP contribution in [0.15, 0.2) is 24.3 Å². The van der Waals surface area contributed by atoms with Gasteiger partial charge in [0.05, 0.1) is 0 Å². The van der Waals surface area contributed by atoms with Crippen molar-refractivity contribution >= 4 is 40.7 Å². The van der Waals surface area contributed by atoms with Crippen molar-refractivity contribution in [1.82, 2.24) is 0 Å². The number of carbonyl (C=O) groups is 1. The molecule has 0 aromatic heterocycles. The smallest absolute Gasteiger partial charge is 0.171 e. The summed E-state index contributed by atoms with van der Waals surface area (Å²) in [6.45, 7) is 0. The van der Waals surface area contributed by atoms with Gasteiger partial charge in [-0.3, -0.25) is 4.79 Å². The molecule has 0 heterocycles. The van der Waals surface area contributed by atoms with Crippen LogP contribution in [0.2, 0.25) is 5.02 Å². The van der Waals surface area contributed by atoms with E-state index in [9.17, 15) is 4.79 Å². The van der Waals surface area contributed by atoms with Crippen LogP contribution in [-0.4, -0.2) is 24.0 Å². The van der Waals surface area contributed by atoms with Crippen LogP contribution in [0.4, 0.5) is 0 Å². The monoisotopic (exact) mass is 294 g/mol. The lowest BCUT2D eigenvalue weighted by Gasteiger charge is -2.20. The van der Waals surface area contributed by atoms with E-state index in [0.717, 1.165) is 5.56 Å². The van der Waals surface area contributed by atoms with E-state index < -0.39 is 8.46 Å². The Labute approximate surface area is 98.4 Å². The van der Waals surface area contributed by atoms with Gasteiger partial charge in [-0.2, -0.15) is 8.46 Å². The van der Waals surface area contributed by atoms with E-state index in [1.807, 2.05) is 0 Å². The summed E-state index contributed by atoms with van der Waals surface area (Å²) in [5, 5.41) is 0.659. The van der Waals surface area contributed by atoms with Gasteiger partial charge >= 0.3 is 0 Å². The van der Waals surface area contributed by atoms with Crippen molar-refractivity contribution in [3.8, 4) is 0 Å². The van der Waals surface area contributed by atoms with Crippen molar-refractivity contribution in [3.63, 3.8) is 0 Å². The quantitative estimate of drug-likeness (QED) is 0.773. The lowest BCUT2D eigenvalue weighted by molar-refractivity contribution is 0.102. The summed E-state index contributed by atoms with van der Waals surface area (Å²) in [7, 11) is -0.952. The predicted molar refractivity (Wildman–Crippen MR) is 69.0 cm³/mol. The summed E-state index contributed by atoms with van der Waals surface area (Å²) in [4.78, 5) is 11.7. The molecule has 0 fully saturated rings. The summed E-state index contributed by atoms with van der Waals surface area (Å²) in [6.07, 6.45) is 4.11. The maximum absolute atomic E-state index is 11.7. The van der Waals surface area contributed by atoms with Gasteiger partial charge < -0.3 is 0 Å². The highest BCUT2D eigenvalue weighted by Crippen LogP contribution is 2.48. The lowest BCUT2D eigenvalue weighted by Crippen LogP contribution is -2.08. The zero-order chi connectivity index (χ0) is 10.8. The third-order valence-corrected chi connectivity index (χ3v) is 3.53. The normalized spacial score (nSPS) is 12.6. The van der Waals surface area contributed by atoms with Gasteiger partial charge in [0, 0.05) is 16.3 Å². The van der Waals surface area contributed by atoms with Crippen molar-refractivity contribution in [1.29, 1.82) is 0 Å². The molecular weight excluding hydrogens is 284 g/mol. The molecule has 0 spiro atoms. The van der Waals surface area contributed by atoms with E-state index in [2.05, 4.69) is 27.3 Å². The minimum Gasteiger partial charge on any atom is -0.293 e. The first-order valence-electron chi connectivity index (χ1n) is 4.08. The Morgan fingerprint density at radius 2 is 1.86 bits per heavy atom. The number of halogens is 2. The molecule has 0 unspecified atom stereocenters. The third-order valence-electron chi connectivity index (χ3n) is 1.64. The molecule has 14 heavy (non-hydrogen) atoms. The third kappa shape index (κ3) is 4.03. The van der Waals surface area contributed by atoms with Gasteiger partial charge in [-0.05, 0) is 51.6 Å². The van der Waals surface area contributed by atoms with Crippen LogP contribution in [0.3, 0.4) is 0 Å². The average Bonchev–Trinajstić information content (AvgIpc) is 2.02. The number of carbonyl (C=O) groups excluding carboxylic acids is 1. The number of rotatable bonds is 3. The highest BCUT2D eigenvalue weighted by Gasteiger charge is 2.14. The number of benzene rings is 1. The van der Waals surface area contributed by atoms with Crippen LogP contribution in [0.5, 0.6) is 0 Å². The number of hydrogen-bond donors (Lipinski definition) is 0. The fraction of sp³-hybridized carbons (Fsp3) is 0.300. The lowest BCUT2D eigenvalue weighted by atomic mass is 10.1. The summed E-state index contributed by atoms with van der Waals surface area (Å²) < 4.78 is 0. The zero-order valence-electron chi connectivity index (χ0n) is 8.09. The van der Waals surface area contributed by atoms with Crippen LogP contribution in [-0.2, 0) is 0 Å². The Hall–Kier alpha value is 0.01000. The highest BCUT2D eigenvalue weighted by atomic mass is 79.9. The number of hydrogen-bond acceptors (Lipinski definition) is 1. The molecular formula is C10H12BrClOS. The first-order chi connectivity index (χ1) is 6.38. The Bertz CT molecular complexity index is 329. The van der Waals surface area contributed by atoms with Crippen molar-refractivity contribution < 1.29 is 4.79 Å². The van der Waals surface area contributed by atoms with Crippen molar-refractivity contribution in [2.24, 2.45) is 0 Å². The Morgan fingerprint density at radius 1 is 1.36 bits per heavy atom. The van der Waals surface area contributed by atoms with Gasteiger partial charge in [-0.1, -0.05) is 11.6 Å². The minimum atomic E-state index is -0.952. The first kappa shape index (κ1) is 12.1. The van der Waals surface area contributed by atoms with Crippen LogP contribution >= 0.6 is 34.9 Å². The predicted octanol–water partition coefficient (Wildman–Crippen LogP) is 3.90. The average molecular weight is 296 g/mol. The topological polar surface area (TPSA) is 17.1 Å². The number of Topliss-reactive ketones (excluding diaryl/α,β-unsaturated/α-hetero) is 1. The Balaban J connectivity index is 2.76. The molecule has 1 nitrogen and oxygen atoms in total. The molecule has 78 valence electrons. The van der Waals surface area contributed by atoms with E-state index in [1.54, 1.807) is 24.3 Å². The summed E-state index contributed by atoms with van der Waals surface area (Å²) >= 11 is 9.26. The fourth-order valence-corrected chi connectivity index (χ4v) is 2.57. The van der Waals surface area contributed by atoms with Crippen LogP contribution in [0.1, 0.15) is 10.4 Å². The van der Waals surface area contributed by atoms with Gasteiger partial charge in [0.2, 0.25) is 0 Å². The molecule has 0 radical (unpaired) electrons. The minimum absolute atomic E-state index is 0.165. The van der Waals surface area contributed by atoms with E-state index in [1.165, 1.54) is 0 Å². The van der Waals surface area contributed by atoms with Gasteiger partial charge in [0.1, 0.15) is 0 Å². The molecule has 0 aliphatic carbocycles. The van der Waals surface area contributed by atoms with E-state index in [-0.39, 0.29) is 5.78 Å². The van der Waals surface area contributed by atoms with Crippen LogP contribution < -0.4 is 0 Å². The SMILES string of the molecule is CS(C)(Br)CC(=O)c1ccc(Cl)cc1. The molecule has 1 rings (SSSR count). The molecule has 0 N–H and O–H groups in total. The Kier molecular flexibility index (Phi) is 4.04. The van der Waals surface area contributed by atoms with Gasteiger partial charge in [0.15, 0.2) is 5.78 Å². The molecule has 0 aliphatic rings. The molecule has 0 saturated heterocycles. The van der Waals surface area contributed by atoms with Gasteiger partial charge in [-0.15, -0.1) is 0 Å². The molecule has 0 saturated carbocycles. The highest BCUT2D eigenvalue weighted by molar-refractivity contribution is 9.58. The molecule has 1 aromatic rings. The standard InChI is InChI=1S/C10H12BrClOS/c1-14(2,11)7-10(13)8-3-5-9(12)6-4-8/h3-6H,7H2,1-2H3. The van der Waals surface area contributed by atoms with Crippen molar-refractivity contribution in [3.05, 3.63) is 34.9 Å². The van der Waals surface area contributed by atoms with Crippen LogP contribution in [0, 0.1) is 0 Å². The van der Waals surface area contributed by atoms with E-state index in [4.69, 9.17) is 11.6 Å². The van der Waals surface area contributed by atoms with Gasteiger partial charge in [0.25, 0.3) is 0 Å². The molecule has 4 heteroatoms. The second kappa shape index (κ2) is 4.69. The molecule has 0 amide bonds. The summed E-state index contributed by atoms with van der Waals surface area (Å²) in [5.41, 5.74) is 0.731.